The average molecular weight is 395 g/mol. The molecule has 2 amide bonds. The van der Waals surface area contributed by atoms with Crippen LogP contribution in [0.3, 0.4) is 0 Å². The van der Waals surface area contributed by atoms with Gasteiger partial charge in [-0.15, -0.1) is 0 Å². The number of fused-ring (bicyclic) bond motifs is 1. The van der Waals surface area contributed by atoms with Crippen molar-refractivity contribution in [3.63, 3.8) is 0 Å². The molecule has 2 aromatic carbocycles. The first-order chi connectivity index (χ1) is 13.9. The molecular weight excluding hydrogens is 364 g/mol. The summed E-state index contributed by atoms with van der Waals surface area (Å²) in [7, 11) is 6.08. The predicted molar refractivity (Wildman–Crippen MR) is 117 cm³/mol. The van der Waals surface area contributed by atoms with E-state index in [1.54, 1.807) is 6.07 Å². The molecule has 1 aliphatic rings. The molecule has 3 rings (SSSR count). The molecule has 0 spiro atoms. The zero-order chi connectivity index (χ0) is 21.0. The molecule has 154 valence electrons. The lowest BCUT2D eigenvalue weighted by molar-refractivity contribution is -0.136. The minimum absolute atomic E-state index is 0.0113. The van der Waals surface area contributed by atoms with Gasteiger partial charge in [0.2, 0.25) is 0 Å². The maximum absolute atomic E-state index is 12.3. The van der Waals surface area contributed by atoms with Crippen LogP contribution in [0.5, 0.6) is 0 Å². The standard InChI is InChI=1S/C23H30N4O2/c1-16-8-5-6-10-19(16)25-23(29)22(28)24-15-21(26(2)3)18-11-12-20-17(14-18)9-7-13-27(20)4/h5-6,8,10-12,14,21H,7,9,13,15H2,1-4H3,(H,24,28)(H,25,29)/t21-/m1/s1. The van der Waals surface area contributed by atoms with Gasteiger partial charge in [0.25, 0.3) is 0 Å². The molecule has 0 fully saturated rings. The Morgan fingerprint density at radius 1 is 1.14 bits per heavy atom. The van der Waals surface area contributed by atoms with Crippen LogP contribution in [0.4, 0.5) is 11.4 Å². The lowest BCUT2D eigenvalue weighted by Crippen LogP contribution is -2.40. The van der Waals surface area contributed by atoms with Crippen LogP contribution < -0.4 is 15.5 Å². The predicted octanol–water partition coefficient (Wildman–Crippen LogP) is 2.74. The van der Waals surface area contributed by atoms with E-state index in [0.717, 1.165) is 30.5 Å². The van der Waals surface area contributed by atoms with Crippen molar-refractivity contribution < 1.29 is 9.59 Å². The van der Waals surface area contributed by atoms with Crippen LogP contribution in [0.25, 0.3) is 0 Å². The second-order valence-corrected chi connectivity index (χ2v) is 7.87. The van der Waals surface area contributed by atoms with Gasteiger partial charge in [0.15, 0.2) is 0 Å². The van der Waals surface area contributed by atoms with Crippen molar-refractivity contribution in [2.75, 3.05) is 44.4 Å². The maximum atomic E-state index is 12.3. The van der Waals surface area contributed by atoms with Crippen molar-refractivity contribution in [3.8, 4) is 0 Å². The molecule has 1 heterocycles. The van der Waals surface area contributed by atoms with Gasteiger partial charge >= 0.3 is 11.8 Å². The second-order valence-electron chi connectivity index (χ2n) is 7.87. The Balaban J connectivity index is 1.66. The van der Waals surface area contributed by atoms with Gasteiger partial charge in [-0.2, -0.15) is 0 Å². The van der Waals surface area contributed by atoms with E-state index >= 15 is 0 Å². The summed E-state index contributed by atoms with van der Waals surface area (Å²) >= 11 is 0. The van der Waals surface area contributed by atoms with Gasteiger partial charge in [-0.25, -0.2) is 0 Å². The van der Waals surface area contributed by atoms with E-state index in [2.05, 4.69) is 45.7 Å². The number of anilines is 2. The smallest absolute Gasteiger partial charge is 0.313 e. The first kappa shape index (κ1) is 20.9. The lowest BCUT2D eigenvalue weighted by atomic mass is 9.96. The van der Waals surface area contributed by atoms with Gasteiger partial charge in [0, 0.05) is 31.5 Å². The largest absolute Gasteiger partial charge is 0.374 e. The van der Waals surface area contributed by atoms with E-state index in [9.17, 15) is 9.59 Å². The Morgan fingerprint density at radius 2 is 1.90 bits per heavy atom. The number of nitrogens with one attached hydrogen (secondary N) is 2. The highest BCUT2D eigenvalue weighted by molar-refractivity contribution is 6.39. The van der Waals surface area contributed by atoms with Crippen LogP contribution in [-0.2, 0) is 16.0 Å². The monoisotopic (exact) mass is 394 g/mol. The van der Waals surface area contributed by atoms with E-state index in [4.69, 9.17) is 0 Å². The molecule has 1 atom stereocenters. The Hall–Kier alpha value is -2.86. The number of nitrogens with zero attached hydrogens (tertiary/aromatic N) is 2. The number of para-hydroxylation sites is 1. The van der Waals surface area contributed by atoms with Crippen molar-refractivity contribution in [2.24, 2.45) is 0 Å². The van der Waals surface area contributed by atoms with E-state index in [-0.39, 0.29) is 6.04 Å². The van der Waals surface area contributed by atoms with E-state index in [1.165, 1.54) is 11.3 Å². The fourth-order valence-electron chi connectivity index (χ4n) is 3.77. The number of rotatable bonds is 5. The number of hydrogen-bond acceptors (Lipinski definition) is 4. The summed E-state index contributed by atoms with van der Waals surface area (Å²) in [5.41, 5.74) is 5.32. The summed E-state index contributed by atoms with van der Waals surface area (Å²) < 4.78 is 0. The van der Waals surface area contributed by atoms with Crippen molar-refractivity contribution in [1.29, 1.82) is 0 Å². The minimum atomic E-state index is -0.649. The molecule has 0 aromatic heterocycles. The summed E-state index contributed by atoms with van der Waals surface area (Å²) in [6, 6.07) is 13.9. The minimum Gasteiger partial charge on any atom is -0.374 e. The van der Waals surface area contributed by atoms with E-state index in [0.29, 0.717) is 12.2 Å². The fourth-order valence-corrected chi connectivity index (χ4v) is 3.77. The van der Waals surface area contributed by atoms with E-state index < -0.39 is 11.8 Å². The van der Waals surface area contributed by atoms with Crippen LogP contribution in [0.2, 0.25) is 0 Å². The summed E-state index contributed by atoms with van der Waals surface area (Å²) in [5.74, 6) is -1.28. The van der Waals surface area contributed by atoms with Crippen LogP contribution >= 0.6 is 0 Å². The Bertz CT molecular complexity index is 894. The van der Waals surface area contributed by atoms with Gasteiger partial charge in [0.1, 0.15) is 0 Å². The summed E-state index contributed by atoms with van der Waals surface area (Å²) in [5, 5.41) is 5.47. The third-order valence-corrected chi connectivity index (χ3v) is 5.52. The number of likely N-dealkylation sites (N-methyl/N-ethyl adjacent to an activating group) is 1. The fraction of sp³-hybridized carbons (Fsp3) is 0.391. The van der Waals surface area contributed by atoms with Crippen LogP contribution in [0.1, 0.15) is 29.2 Å². The van der Waals surface area contributed by atoms with Crippen molar-refractivity contribution in [1.82, 2.24) is 10.2 Å². The zero-order valence-electron chi connectivity index (χ0n) is 17.7. The van der Waals surface area contributed by atoms with Gasteiger partial charge in [0.05, 0.1) is 6.04 Å². The molecular formula is C23H30N4O2. The molecule has 0 unspecified atom stereocenters. The van der Waals surface area contributed by atoms with Crippen molar-refractivity contribution in [3.05, 3.63) is 59.2 Å². The molecule has 0 aliphatic carbocycles. The number of hydrogen-bond donors (Lipinski definition) is 2. The van der Waals surface area contributed by atoms with Crippen LogP contribution in [0, 0.1) is 6.92 Å². The third-order valence-electron chi connectivity index (χ3n) is 5.52. The zero-order valence-corrected chi connectivity index (χ0v) is 17.7. The SMILES string of the molecule is Cc1ccccc1NC(=O)C(=O)NC[C@H](c1ccc2c(c1)CCCN2C)N(C)C. The first-order valence-electron chi connectivity index (χ1n) is 10.0. The molecule has 0 bridgehead atoms. The Labute approximate surface area is 172 Å². The van der Waals surface area contributed by atoms with Crippen molar-refractivity contribution in [2.45, 2.75) is 25.8 Å². The molecule has 1 aliphatic heterocycles. The molecule has 2 aromatic rings. The Morgan fingerprint density at radius 3 is 2.62 bits per heavy atom. The molecule has 29 heavy (non-hydrogen) atoms. The highest BCUT2D eigenvalue weighted by Crippen LogP contribution is 2.29. The van der Waals surface area contributed by atoms with Crippen LogP contribution in [0.15, 0.2) is 42.5 Å². The number of amides is 2. The molecule has 2 N–H and O–H groups in total. The quantitative estimate of drug-likeness (QED) is 0.766. The van der Waals surface area contributed by atoms with Gasteiger partial charge < -0.3 is 20.4 Å². The molecule has 6 nitrogen and oxygen atoms in total. The molecule has 6 heteroatoms. The second kappa shape index (κ2) is 9.09. The highest BCUT2D eigenvalue weighted by atomic mass is 16.2. The van der Waals surface area contributed by atoms with Crippen molar-refractivity contribution >= 4 is 23.2 Å². The van der Waals surface area contributed by atoms with E-state index in [1.807, 2.05) is 39.2 Å². The number of benzene rings is 2. The summed E-state index contributed by atoms with van der Waals surface area (Å²) in [6.45, 7) is 3.33. The topological polar surface area (TPSA) is 64.7 Å². The van der Waals surface area contributed by atoms with Crippen LogP contribution in [-0.4, -0.2) is 50.9 Å². The average Bonchev–Trinajstić information content (AvgIpc) is 2.69. The number of carbonyl (C=O) groups excluding carboxylic acids is 2. The maximum Gasteiger partial charge on any atom is 0.313 e. The first-order valence-corrected chi connectivity index (χ1v) is 10.0. The lowest BCUT2D eigenvalue weighted by Gasteiger charge is -2.30. The molecule has 0 saturated carbocycles. The number of aryl methyl sites for hydroxylation is 2. The van der Waals surface area contributed by atoms with Gasteiger partial charge in [-0.05, 0) is 62.7 Å². The normalized spacial score (nSPS) is 14.3. The highest BCUT2D eigenvalue weighted by Gasteiger charge is 2.21. The van der Waals surface area contributed by atoms with Gasteiger partial charge in [-0.3, -0.25) is 9.59 Å². The number of carbonyl (C=O) groups is 2. The molecule has 0 saturated heterocycles. The third kappa shape index (κ3) is 4.95. The summed E-state index contributed by atoms with van der Waals surface area (Å²) in [6.07, 6.45) is 2.22. The molecule has 0 radical (unpaired) electrons. The van der Waals surface area contributed by atoms with Gasteiger partial charge in [-0.1, -0.05) is 30.3 Å². The summed E-state index contributed by atoms with van der Waals surface area (Å²) in [4.78, 5) is 29.0. The Kier molecular flexibility index (Phi) is 6.54.